The van der Waals surface area contributed by atoms with Crippen LogP contribution in [0.15, 0.2) is 89.6 Å². The summed E-state index contributed by atoms with van der Waals surface area (Å²) in [4.78, 5) is 31.4. The fraction of sp³-hybridized carbons (Fsp3) is 0.229. The summed E-state index contributed by atoms with van der Waals surface area (Å²) in [6, 6.07) is 18.5. The third-order valence-corrected chi connectivity index (χ3v) is 7.90. The molecule has 0 aliphatic heterocycles. The number of hydrogen-bond acceptors (Lipinski definition) is 5. The number of alkyl halides is 5. The van der Waals surface area contributed by atoms with E-state index in [2.05, 4.69) is 4.98 Å². The van der Waals surface area contributed by atoms with Crippen molar-refractivity contribution >= 4 is 22.6 Å². The summed E-state index contributed by atoms with van der Waals surface area (Å²) >= 11 is 0. The average molecular weight is 653 g/mol. The topological polar surface area (TPSA) is 92.9 Å². The molecule has 47 heavy (non-hydrogen) atoms. The molecule has 0 radical (unpaired) electrons. The highest BCUT2D eigenvalue weighted by Crippen LogP contribution is 2.35. The van der Waals surface area contributed by atoms with E-state index in [4.69, 9.17) is 9.15 Å². The van der Waals surface area contributed by atoms with Gasteiger partial charge in [0.2, 0.25) is 5.76 Å². The molecule has 0 aliphatic rings. The van der Waals surface area contributed by atoms with Gasteiger partial charge in [-0.3, -0.25) is 14.6 Å². The first-order chi connectivity index (χ1) is 22.1. The van der Waals surface area contributed by atoms with E-state index < -0.39 is 42.4 Å². The Hall–Kier alpha value is -5.26. The second-order valence-corrected chi connectivity index (χ2v) is 11.5. The number of pyridine rings is 1. The molecule has 2 heterocycles. The predicted octanol–water partition coefficient (Wildman–Crippen LogP) is 8.63. The molecule has 0 saturated heterocycles. The Morgan fingerprint density at radius 1 is 0.936 bits per heavy atom. The molecule has 12 heteroatoms. The van der Waals surface area contributed by atoms with Crippen LogP contribution in [0.25, 0.3) is 21.9 Å². The molecule has 1 N–H and O–H groups in total. The van der Waals surface area contributed by atoms with Gasteiger partial charge in [-0.2, -0.15) is 22.0 Å². The van der Waals surface area contributed by atoms with Crippen LogP contribution < -0.4 is 4.74 Å². The number of hydrogen-bond donors (Lipinski definition) is 1. The fourth-order valence-electron chi connectivity index (χ4n) is 5.16. The molecule has 0 saturated carbocycles. The summed E-state index contributed by atoms with van der Waals surface area (Å²) in [6.07, 6.45) is -1.91. The van der Waals surface area contributed by atoms with Crippen LogP contribution in [0.1, 0.15) is 52.4 Å². The molecular weight excluding hydrogens is 623 g/mol. The number of ether oxygens (including phenoxy) is 1. The summed E-state index contributed by atoms with van der Waals surface area (Å²) in [7, 11) is 0. The minimum absolute atomic E-state index is 0.137. The first-order valence-electron chi connectivity index (χ1n) is 14.4. The molecule has 2 aromatic heterocycles. The van der Waals surface area contributed by atoms with E-state index in [0.29, 0.717) is 33.2 Å². The van der Waals surface area contributed by atoms with Crippen LogP contribution in [0.2, 0.25) is 0 Å². The van der Waals surface area contributed by atoms with Crippen molar-refractivity contribution in [3.05, 3.63) is 119 Å². The van der Waals surface area contributed by atoms with Crippen molar-refractivity contribution in [2.75, 3.05) is 0 Å². The molecule has 0 spiro atoms. The third kappa shape index (κ3) is 7.11. The highest BCUT2D eigenvalue weighted by Gasteiger charge is 2.35. The van der Waals surface area contributed by atoms with Gasteiger partial charge in [-0.25, -0.2) is 0 Å². The quantitative estimate of drug-likeness (QED) is 0.152. The SMILES string of the molecule is Cc1ccc2ccccc2c1C(=O)N(Cc1ccc(C(F)(F)F)o1)Cc1ccc(-c2cncc(C(C)(C)C(=O)O)c2)cc1OC(F)F. The number of aryl methyl sites for hydroxylation is 1. The lowest BCUT2D eigenvalue weighted by Gasteiger charge is -2.25. The summed E-state index contributed by atoms with van der Waals surface area (Å²) in [5.74, 6) is -3.35. The molecule has 0 atom stereocenters. The molecule has 0 unspecified atom stereocenters. The lowest BCUT2D eigenvalue weighted by atomic mass is 9.85. The second-order valence-electron chi connectivity index (χ2n) is 11.5. The van der Waals surface area contributed by atoms with Gasteiger partial charge in [-0.15, -0.1) is 0 Å². The maximum absolute atomic E-state index is 14.2. The second kappa shape index (κ2) is 12.9. The zero-order chi connectivity index (χ0) is 34.1. The van der Waals surface area contributed by atoms with E-state index in [-0.39, 0.29) is 23.6 Å². The largest absolute Gasteiger partial charge is 0.481 e. The standard InChI is InChI=1S/C35H29F5N2O5/c1-20-8-9-21-6-4-5-7-27(21)30(20)31(43)42(19-26-12-13-29(46-26)35(38,39)40)18-23-11-10-22(15-28(23)47-33(36)37)24-14-25(17-41-16-24)34(2,3)32(44)45/h4-17,33H,18-19H2,1-3H3,(H,44,45). The Bertz CT molecular complexity index is 1950. The van der Waals surface area contributed by atoms with Crippen molar-refractivity contribution in [3.8, 4) is 16.9 Å². The Kier molecular flexibility index (Phi) is 9.06. The van der Waals surface area contributed by atoms with Gasteiger partial charge >= 0.3 is 18.8 Å². The number of fused-ring (bicyclic) bond motifs is 1. The number of carbonyl (C=O) groups excluding carboxylic acids is 1. The highest BCUT2D eigenvalue weighted by atomic mass is 19.4. The van der Waals surface area contributed by atoms with Crippen LogP contribution in [0, 0.1) is 6.92 Å². The van der Waals surface area contributed by atoms with Gasteiger partial charge in [-0.05, 0) is 72.5 Å². The Morgan fingerprint density at radius 2 is 1.68 bits per heavy atom. The van der Waals surface area contributed by atoms with Gasteiger partial charge < -0.3 is 19.2 Å². The number of carboxylic acids is 1. The van der Waals surface area contributed by atoms with Crippen LogP contribution in [0.5, 0.6) is 5.75 Å². The van der Waals surface area contributed by atoms with E-state index >= 15 is 0 Å². The van der Waals surface area contributed by atoms with Crippen molar-refractivity contribution in [1.29, 1.82) is 0 Å². The van der Waals surface area contributed by atoms with Crippen LogP contribution >= 0.6 is 0 Å². The lowest BCUT2D eigenvalue weighted by molar-refractivity contribution is -0.153. The molecule has 3 aromatic carbocycles. The van der Waals surface area contributed by atoms with Gasteiger partial charge in [0.1, 0.15) is 11.5 Å². The van der Waals surface area contributed by atoms with Crippen LogP contribution in [-0.2, 0) is 29.5 Å². The summed E-state index contributed by atoms with van der Waals surface area (Å²) in [6.45, 7) is 0.735. The summed E-state index contributed by atoms with van der Waals surface area (Å²) in [5.41, 5.74) is 0.928. The molecule has 7 nitrogen and oxygen atoms in total. The first-order valence-corrected chi connectivity index (χ1v) is 14.4. The number of aromatic nitrogens is 1. The molecular formula is C35H29F5N2O5. The van der Waals surface area contributed by atoms with E-state index in [1.807, 2.05) is 12.1 Å². The van der Waals surface area contributed by atoms with Crippen molar-refractivity contribution in [2.45, 2.75) is 52.1 Å². The molecule has 0 bridgehead atoms. The molecule has 1 amide bonds. The molecule has 0 fully saturated rings. The molecule has 5 rings (SSSR count). The number of carboxylic acid groups (broad SMARTS) is 1. The zero-order valence-corrected chi connectivity index (χ0v) is 25.4. The van der Waals surface area contributed by atoms with E-state index in [1.54, 1.807) is 43.3 Å². The smallest absolute Gasteiger partial charge is 0.449 e. The number of halogens is 5. The monoisotopic (exact) mass is 652 g/mol. The maximum Gasteiger partial charge on any atom is 0.449 e. The Labute approximate surface area is 266 Å². The van der Waals surface area contributed by atoms with Gasteiger partial charge in [0.15, 0.2) is 0 Å². The zero-order valence-electron chi connectivity index (χ0n) is 25.4. The van der Waals surface area contributed by atoms with E-state index in [9.17, 15) is 36.6 Å². The van der Waals surface area contributed by atoms with Gasteiger partial charge in [0, 0.05) is 23.5 Å². The number of nitrogens with zero attached hydrogens (tertiary/aromatic N) is 2. The van der Waals surface area contributed by atoms with Crippen LogP contribution in [0.3, 0.4) is 0 Å². The number of furan rings is 1. The lowest BCUT2D eigenvalue weighted by Crippen LogP contribution is -2.31. The molecule has 0 aliphatic carbocycles. The van der Waals surface area contributed by atoms with Gasteiger partial charge in [0.05, 0.1) is 24.1 Å². The fourth-order valence-corrected chi connectivity index (χ4v) is 5.16. The number of amides is 1. The normalized spacial score (nSPS) is 12.0. The number of rotatable bonds is 10. The molecule has 5 aromatic rings. The minimum Gasteiger partial charge on any atom is -0.481 e. The summed E-state index contributed by atoms with van der Waals surface area (Å²) < 4.78 is 77.2. The number of carbonyl (C=O) groups is 2. The number of aliphatic carboxylic acids is 1. The average Bonchev–Trinajstić information content (AvgIpc) is 3.50. The van der Waals surface area contributed by atoms with Crippen molar-refractivity contribution in [3.63, 3.8) is 0 Å². The Morgan fingerprint density at radius 3 is 2.36 bits per heavy atom. The first kappa shape index (κ1) is 33.1. The molecule has 244 valence electrons. The predicted molar refractivity (Wildman–Crippen MR) is 163 cm³/mol. The van der Waals surface area contributed by atoms with E-state index in [0.717, 1.165) is 17.5 Å². The number of benzene rings is 3. The van der Waals surface area contributed by atoms with Crippen molar-refractivity contribution in [1.82, 2.24) is 9.88 Å². The highest BCUT2D eigenvalue weighted by molar-refractivity contribution is 6.08. The van der Waals surface area contributed by atoms with Crippen LogP contribution in [0.4, 0.5) is 22.0 Å². The van der Waals surface area contributed by atoms with E-state index in [1.165, 1.54) is 43.3 Å². The third-order valence-electron chi connectivity index (χ3n) is 7.90. The van der Waals surface area contributed by atoms with Crippen molar-refractivity contribution < 1.29 is 45.8 Å². The van der Waals surface area contributed by atoms with Gasteiger partial charge in [-0.1, -0.05) is 48.5 Å². The summed E-state index contributed by atoms with van der Waals surface area (Å²) in [5, 5.41) is 11.0. The minimum atomic E-state index is -4.75. The van der Waals surface area contributed by atoms with Crippen LogP contribution in [-0.4, -0.2) is 33.5 Å². The Balaban J connectivity index is 1.58. The maximum atomic E-state index is 14.2. The van der Waals surface area contributed by atoms with Crippen molar-refractivity contribution in [2.24, 2.45) is 0 Å². The van der Waals surface area contributed by atoms with Gasteiger partial charge in [0.25, 0.3) is 5.91 Å².